The number of nitrogens with zero attached hydrogens (tertiary/aromatic N) is 4. The molecule has 0 aromatic carbocycles. The third-order valence-corrected chi connectivity index (χ3v) is 1.07. The molecule has 54 valence electrons. The van der Waals surface area contributed by atoms with E-state index in [1.807, 2.05) is 0 Å². The molecule has 0 saturated heterocycles. The van der Waals surface area contributed by atoms with Crippen molar-refractivity contribution in [2.75, 3.05) is 0 Å². The van der Waals surface area contributed by atoms with Crippen LogP contribution in [0.2, 0.25) is 0 Å². The predicted molar refractivity (Wildman–Crippen MR) is 28.5 cm³/mol. The molecule has 6 nitrogen and oxygen atoms in total. The maximum absolute atomic E-state index is 9.95. The summed E-state index contributed by atoms with van der Waals surface area (Å²) in [5, 5.41) is 19.7. The van der Waals surface area contributed by atoms with Crippen LogP contribution in [0.1, 0.15) is 0 Å². The first-order chi connectivity index (χ1) is 4.70. The Labute approximate surface area is 118 Å². The molecule has 1 rings (SSSR count). The van der Waals surface area contributed by atoms with E-state index in [9.17, 15) is 9.90 Å². The van der Waals surface area contributed by atoms with Gasteiger partial charge in [-0.3, -0.25) is 0 Å². The third kappa shape index (κ3) is 4.70. The van der Waals surface area contributed by atoms with Crippen LogP contribution in [0.3, 0.4) is 0 Å². The fourth-order valence-electron chi connectivity index (χ4n) is 0.418. The Bertz CT molecular complexity index is 254. The van der Waals surface area contributed by atoms with Crippen molar-refractivity contribution in [1.82, 2.24) is 20.2 Å². The molecule has 0 radical (unpaired) electrons. The van der Waals surface area contributed by atoms with Crippen molar-refractivity contribution >= 4 is 18.6 Å². The smallest absolute Gasteiger partial charge is 0.739 e. The molecule has 12 heavy (non-hydrogen) atoms. The van der Waals surface area contributed by atoms with Gasteiger partial charge in [-0.25, -0.2) is 4.68 Å². The van der Waals surface area contributed by atoms with E-state index in [2.05, 4.69) is 28.2 Å². The predicted octanol–water partition coefficient (Wildman–Crippen LogP) is -8.66. The average molecular weight is 204 g/mol. The van der Waals surface area contributed by atoms with Gasteiger partial charge in [-0.1, -0.05) is 0 Å². The average Bonchev–Trinajstić information content (AvgIpc) is 2.15. The number of hydrogen-bond acceptors (Lipinski definition) is 6. The molecule has 0 aliphatic heterocycles. The fraction of sp³-hybridized carbons (Fsp3) is 0.333. The molecule has 0 saturated carbocycles. The molecule has 0 amide bonds. The van der Waals surface area contributed by atoms with Crippen LogP contribution in [-0.4, -0.2) is 26.2 Å². The van der Waals surface area contributed by atoms with Crippen molar-refractivity contribution in [3.8, 4) is 0 Å². The van der Waals surface area contributed by atoms with Crippen LogP contribution in [0, 0.1) is 0 Å². The summed E-state index contributed by atoms with van der Waals surface area (Å²) in [6, 6.07) is 0. The van der Waals surface area contributed by atoms with Crippen LogP contribution in [0.5, 0.6) is 0 Å². The van der Waals surface area contributed by atoms with E-state index in [1.165, 1.54) is 0 Å². The molecule has 0 unspecified atom stereocenters. The van der Waals surface area contributed by atoms with Gasteiger partial charge in [0.2, 0.25) is 0 Å². The number of carbonyl (C=O) groups excluding carboxylic acids is 1. The molecule has 1 aromatic heterocycles. The normalized spacial score (nSPS) is 8.00. The van der Waals surface area contributed by atoms with Crippen LogP contribution in [0.15, 0.2) is 5.16 Å². The summed E-state index contributed by atoms with van der Waals surface area (Å²) in [5.41, 5.74) is 0. The number of aromatic nitrogens is 4. The molecule has 0 spiro atoms. The summed E-state index contributed by atoms with van der Waals surface area (Å²) in [6.45, 7) is -0.397. The molecule has 9 heteroatoms. The van der Waals surface area contributed by atoms with E-state index in [0.717, 1.165) is 4.68 Å². The molecule has 0 bridgehead atoms. The van der Waals surface area contributed by atoms with E-state index in [-0.39, 0.29) is 64.3 Å². The summed E-state index contributed by atoms with van der Waals surface area (Å²) in [5.74, 6) is -1.27. The minimum atomic E-state index is -1.27. The molecule has 0 fully saturated rings. The topological polar surface area (TPSA) is 83.7 Å². The zero-order valence-corrected chi connectivity index (χ0v) is 11.5. The summed E-state index contributed by atoms with van der Waals surface area (Å²) in [6.07, 6.45) is 0. The van der Waals surface area contributed by atoms with Gasteiger partial charge in [0.1, 0.15) is 0 Å². The number of tetrazole rings is 1. The first-order valence-electron chi connectivity index (χ1n) is 2.33. The molecule has 0 N–H and O–H groups in total. The molecule has 0 atom stereocenters. The second kappa shape index (κ2) is 7.19. The van der Waals surface area contributed by atoms with Crippen LogP contribution in [-0.2, 0) is 24.0 Å². The Morgan fingerprint density at radius 3 is 2.50 bits per heavy atom. The van der Waals surface area contributed by atoms with Crippen molar-refractivity contribution in [2.45, 2.75) is 11.7 Å². The van der Waals surface area contributed by atoms with E-state index in [4.69, 9.17) is 0 Å². The van der Waals surface area contributed by atoms with Crippen molar-refractivity contribution in [1.29, 1.82) is 0 Å². The van der Waals surface area contributed by atoms with Crippen LogP contribution in [0.25, 0.3) is 0 Å². The van der Waals surface area contributed by atoms with Crippen molar-refractivity contribution in [3.63, 3.8) is 0 Å². The molecule has 1 aromatic rings. The number of aliphatic carboxylic acids is 1. The van der Waals surface area contributed by atoms with E-state index < -0.39 is 12.5 Å². The summed E-state index contributed by atoms with van der Waals surface area (Å²) < 4.78 is 0.963. The summed E-state index contributed by atoms with van der Waals surface area (Å²) in [4.78, 5) is 9.95. The van der Waals surface area contributed by atoms with Crippen molar-refractivity contribution in [2.24, 2.45) is 0 Å². The summed E-state index contributed by atoms with van der Waals surface area (Å²) in [7, 11) is 0. The van der Waals surface area contributed by atoms with Crippen LogP contribution >= 0.6 is 0 Å². The number of carboxylic acids is 1. The monoisotopic (exact) mass is 204 g/mol. The molecular weight excluding hydrogens is 202 g/mol. The second-order valence-corrected chi connectivity index (χ2v) is 1.86. The SMILES string of the molecule is O=C([O-])Cn1nnnc1[S-].[Na+].[Na+]. The maximum atomic E-state index is 9.95. The number of carboxylic acid groups (broad SMARTS) is 1. The van der Waals surface area contributed by atoms with Gasteiger partial charge in [0.15, 0.2) is 0 Å². The van der Waals surface area contributed by atoms with Gasteiger partial charge in [0.25, 0.3) is 0 Å². The van der Waals surface area contributed by atoms with Crippen LogP contribution in [0.4, 0.5) is 0 Å². The Morgan fingerprint density at radius 2 is 2.17 bits per heavy atom. The first-order valence-corrected chi connectivity index (χ1v) is 2.74. The Balaban J connectivity index is 0. The minimum absolute atomic E-state index is 0. The molecular formula is C3H2N4Na2O2S. The largest absolute Gasteiger partial charge is 1.00 e. The minimum Gasteiger partial charge on any atom is -0.739 e. The standard InChI is InChI=1S/C3H4N4O2S.2Na/c8-2(9)1-7-3(10)4-5-6-7;;/h1H2,(H,8,9)(H,4,6,10);;/q;2*+1/p-2. The zero-order chi connectivity index (χ0) is 7.56. The number of hydrogen-bond donors (Lipinski definition) is 0. The van der Waals surface area contributed by atoms with E-state index in [0.29, 0.717) is 0 Å². The Hall–Kier alpha value is 0.760. The van der Waals surface area contributed by atoms with Crippen molar-refractivity contribution < 1.29 is 69.0 Å². The Kier molecular flexibility index (Phi) is 9.13. The van der Waals surface area contributed by atoms with Gasteiger partial charge in [-0.15, -0.1) is 5.10 Å². The third-order valence-electron chi connectivity index (χ3n) is 0.778. The Morgan fingerprint density at radius 1 is 1.58 bits per heavy atom. The van der Waals surface area contributed by atoms with Crippen molar-refractivity contribution in [3.05, 3.63) is 0 Å². The molecule has 0 aliphatic carbocycles. The van der Waals surface area contributed by atoms with Gasteiger partial charge >= 0.3 is 59.1 Å². The number of carbonyl (C=O) groups is 1. The van der Waals surface area contributed by atoms with Gasteiger partial charge in [-0.05, 0) is 10.4 Å². The maximum Gasteiger partial charge on any atom is 1.00 e. The molecule has 0 aliphatic rings. The quantitative estimate of drug-likeness (QED) is 0.351. The van der Waals surface area contributed by atoms with Gasteiger partial charge in [0.05, 0.1) is 12.5 Å². The van der Waals surface area contributed by atoms with E-state index >= 15 is 0 Å². The van der Waals surface area contributed by atoms with Gasteiger partial charge in [-0.2, -0.15) is 0 Å². The van der Waals surface area contributed by atoms with Gasteiger partial charge < -0.3 is 22.5 Å². The first kappa shape index (κ1) is 15.2. The summed E-state index contributed by atoms with van der Waals surface area (Å²) >= 11 is 4.54. The zero-order valence-electron chi connectivity index (χ0n) is 6.72. The van der Waals surface area contributed by atoms with Crippen LogP contribution < -0.4 is 64.2 Å². The molecule has 1 heterocycles. The van der Waals surface area contributed by atoms with Gasteiger partial charge in [0, 0.05) is 5.16 Å². The van der Waals surface area contributed by atoms with E-state index in [1.54, 1.807) is 0 Å². The second-order valence-electron chi connectivity index (χ2n) is 1.49. The fourth-order valence-corrected chi connectivity index (χ4v) is 0.556. The number of rotatable bonds is 2.